The Balaban J connectivity index is -0.000000118. The van der Waals surface area contributed by atoms with Crippen LogP contribution in [-0.2, 0) is 0 Å². The molecule has 0 radical (unpaired) electrons. The van der Waals surface area contributed by atoms with E-state index in [-0.39, 0.29) is 13.5 Å². The molecule has 0 aromatic heterocycles. The van der Waals surface area contributed by atoms with Gasteiger partial charge >= 0.3 is 0 Å². The second-order valence-electron chi connectivity index (χ2n) is 11.0. The van der Waals surface area contributed by atoms with Crippen molar-refractivity contribution in [2.75, 3.05) is 0 Å². The number of halogens is 1. The van der Waals surface area contributed by atoms with Gasteiger partial charge in [0, 0.05) is 6.04 Å². The van der Waals surface area contributed by atoms with Crippen molar-refractivity contribution in [3.05, 3.63) is 48.6 Å². The fourth-order valence-corrected chi connectivity index (χ4v) is 4.42. The Hall–Kier alpha value is -1.15. The largest absolute Gasteiger partial charge is 0.156 e. The summed E-state index contributed by atoms with van der Waals surface area (Å²) in [4.78, 5) is 0. The van der Waals surface area contributed by atoms with Gasteiger partial charge in [0.25, 0.3) is 0 Å². The molecule has 2 unspecified atom stereocenters. The van der Waals surface area contributed by atoms with Crippen LogP contribution in [0.1, 0.15) is 218 Å². The summed E-state index contributed by atoms with van der Waals surface area (Å²) in [5.74, 6) is 0.511. The van der Waals surface area contributed by atoms with Crippen LogP contribution in [0.25, 0.3) is 0 Å². The van der Waals surface area contributed by atoms with Gasteiger partial charge < -0.3 is 0 Å². The van der Waals surface area contributed by atoms with E-state index in [9.17, 15) is 4.48 Å². The molecule has 0 saturated heterocycles. The summed E-state index contributed by atoms with van der Waals surface area (Å²) in [6.07, 6.45) is 27.6. The Bertz CT molecular complexity index is 516. The standard InChI is InChI=1S/C23H48FN.C7H8.C3H8.C3H6.3C2H6.CH4/c1-4-6-7-8-9-10-11-12-13-14-15-16-17-18-19-21-23(20-5-2)22(3)25-24;1-7-5-3-2-4-6-7;2*1-3-2;3*1-2;/h22-23,25H,4-21H2,1-3H3;2-6H,1H3;3H2,1-2H3;3H,1H2,2H3;3*1-2H3;1H4. The zero-order chi connectivity index (χ0) is 35.1. The lowest BCUT2D eigenvalue weighted by molar-refractivity contribution is 0.206. The summed E-state index contributed by atoms with van der Waals surface area (Å²) in [7, 11) is 0. The molecule has 0 aliphatic heterocycles. The van der Waals surface area contributed by atoms with E-state index in [0.717, 1.165) is 12.8 Å². The first kappa shape index (κ1) is 59.3. The zero-order valence-corrected chi connectivity index (χ0v) is 33.1. The number of allylic oxidation sites excluding steroid dienone is 1. The second kappa shape index (κ2) is 65.5. The molecule has 276 valence electrons. The SMILES string of the molecule is C.C=CC.CC.CC.CC.CCC.CCCCCCCCCCCCCCCCCC(CCC)C(C)NF.Cc1ccccc1. The number of hydrogen-bond donors (Lipinski definition) is 1. The van der Waals surface area contributed by atoms with Crippen molar-refractivity contribution in [2.24, 2.45) is 5.92 Å². The predicted octanol–water partition coefficient (Wildman–Crippen LogP) is 16.8. The van der Waals surface area contributed by atoms with Gasteiger partial charge in [-0.05, 0) is 39.5 Å². The summed E-state index contributed by atoms with van der Waals surface area (Å²) in [6, 6.07) is 10.3. The quantitative estimate of drug-likeness (QED) is 0.0848. The number of nitrogens with one attached hydrogen (secondary N) is 1. The average molecular weight is 642 g/mol. The van der Waals surface area contributed by atoms with Crippen molar-refractivity contribution in [3.8, 4) is 0 Å². The van der Waals surface area contributed by atoms with Crippen LogP contribution < -0.4 is 5.54 Å². The molecule has 1 rings (SSSR count). The van der Waals surface area contributed by atoms with E-state index in [0.29, 0.717) is 5.92 Å². The van der Waals surface area contributed by atoms with E-state index in [1.54, 1.807) is 6.08 Å². The molecule has 1 aromatic carbocycles. The van der Waals surface area contributed by atoms with Crippen molar-refractivity contribution in [1.82, 2.24) is 5.54 Å². The third-order valence-electron chi connectivity index (χ3n) is 6.66. The van der Waals surface area contributed by atoms with Gasteiger partial charge in [0.2, 0.25) is 0 Å². The van der Waals surface area contributed by atoms with Crippen molar-refractivity contribution < 1.29 is 4.48 Å². The van der Waals surface area contributed by atoms with Gasteiger partial charge in [0.1, 0.15) is 0 Å². The molecule has 0 bridgehead atoms. The highest BCUT2D eigenvalue weighted by Gasteiger charge is 2.15. The van der Waals surface area contributed by atoms with Crippen LogP contribution in [0.15, 0.2) is 43.0 Å². The van der Waals surface area contributed by atoms with Gasteiger partial charge in [-0.2, -0.15) is 5.54 Å². The third-order valence-corrected chi connectivity index (χ3v) is 6.66. The maximum absolute atomic E-state index is 12.6. The van der Waals surface area contributed by atoms with Crippen LogP contribution in [-0.4, -0.2) is 6.04 Å². The minimum atomic E-state index is 0. The molecule has 0 spiro atoms. The second-order valence-corrected chi connectivity index (χ2v) is 11.0. The summed E-state index contributed by atoms with van der Waals surface area (Å²) in [5.41, 5.74) is 3.27. The molecule has 0 aliphatic carbocycles. The number of benzene rings is 1. The fourth-order valence-electron chi connectivity index (χ4n) is 4.42. The summed E-state index contributed by atoms with van der Waals surface area (Å²) >= 11 is 0. The van der Waals surface area contributed by atoms with Crippen molar-refractivity contribution in [1.29, 1.82) is 0 Å². The Morgan fingerprint density at radius 3 is 1.18 bits per heavy atom. The Labute approximate surface area is 289 Å². The van der Waals surface area contributed by atoms with E-state index in [1.807, 2.05) is 79.1 Å². The van der Waals surface area contributed by atoms with E-state index in [1.165, 1.54) is 115 Å². The van der Waals surface area contributed by atoms with E-state index >= 15 is 0 Å². The molecule has 0 heterocycles. The van der Waals surface area contributed by atoms with Crippen LogP contribution in [0.3, 0.4) is 0 Å². The van der Waals surface area contributed by atoms with E-state index in [4.69, 9.17) is 0 Å². The number of unbranched alkanes of at least 4 members (excludes halogenated alkanes) is 14. The van der Waals surface area contributed by atoms with Crippen LogP contribution in [0.5, 0.6) is 0 Å². The van der Waals surface area contributed by atoms with E-state index in [2.05, 4.69) is 53.3 Å². The third kappa shape index (κ3) is 66.3. The lowest BCUT2D eigenvalue weighted by Crippen LogP contribution is -2.27. The van der Waals surface area contributed by atoms with Crippen molar-refractivity contribution in [2.45, 2.75) is 225 Å². The lowest BCUT2D eigenvalue weighted by Gasteiger charge is -2.21. The highest BCUT2D eigenvalue weighted by molar-refractivity contribution is 5.11. The normalized spacial score (nSPS) is 10.2. The smallest absolute Gasteiger partial charge is 0.0371 e. The zero-order valence-electron chi connectivity index (χ0n) is 33.1. The molecule has 0 fully saturated rings. The number of aryl methyl sites for hydroxylation is 1. The average Bonchev–Trinajstić information content (AvgIpc) is 3.06. The lowest BCUT2D eigenvalue weighted by atomic mass is 9.90. The van der Waals surface area contributed by atoms with Crippen molar-refractivity contribution >= 4 is 0 Å². The Kier molecular flexibility index (Phi) is 86.3. The molecule has 1 nitrogen and oxygen atoms in total. The molecular weight excluding hydrogens is 549 g/mol. The molecule has 0 saturated carbocycles. The van der Waals surface area contributed by atoms with Crippen LogP contribution in [0, 0.1) is 12.8 Å². The highest BCUT2D eigenvalue weighted by atomic mass is 19.2. The Morgan fingerprint density at radius 2 is 0.933 bits per heavy atom. The topological polar surface area (TPSA) is 12.0 Å². The molecule has 45 heavy (non-hydrogen) atoms. The first-order chi connectivity index (χ1) is 21.5. The van der Waals surface area contributed by atoms with Gasteiger partial charge in [-0.25, -0.2) is 0 Å². The van der Waals surface area contributed by atoms with Crippen molar-refractivity contribution in [3.63, 3.8) is 0 Å². The van der Waals surface area contributed by atoms with Crippen LogP contribution >= 0.6 is 0 Å². The minimum absolute atomic E-state index is 0. The van der Waals surface area contributed by atoms with Gasteiger partial charge in [-0.3, -0.25) is 0 Å². The molecule has 0 aliphatic rings. The molecule has 0 amide bonds. The van der Waals surface area contributed by atoms with E-state index < -0.39 is 0 Å². The summed E-state index contributed by atoms with van der Waals surface area (Å²) in [6.45, 7) is 30.0. The first-order valence-electron chi connectivity index (χ1n) is 19.4. The van der Waals surface area contributed by atoms with Crippen LogP contribution in [0.4, 0.5) is 4.48 Å². The molecule has 1 N–H and O–H groups in total. The fraction of sp³-hybridized carbons (Fsp3) is 0.814. The summed E-state index contributed by atoms with van der Waals surface area (Å²) < 4.78 is 12.6. The van der Waals surface area contributed by atoms with Crippen LogP contribution in [0.2, 0.25) is 0 Å². The maximum atomic E-state index is 12.6. The monoisotopic (exact) mass is 642 g/mol. The molecular formula is C43H92FN. The van der Waals surface area contributed by atoms with Gasteiger partial charge in [-0.15, -0.1) is 11.1 Å². The molecule has 2 heteroatoms. The van der Waals surface area contributed by atoms with Gasteiger partial charge in [-0.1, -0.05) is 228 Å². The molecule has 2 atom stereocenters. The van der Waals surface area contributed by atoms with Gasteiger partial charge in [0.05, 0.1) is 0 Å². The Morgan fingerprint density at radius 1 is 0.622 bits per heavy atom. The maximum Gasteiger partial charge on any atom is 0.0371 e. The summed E-state index contributed by atoms with van der Waals surface area (Å²) in [5, 5.41) is 0. The highest BCUT2D eigenvalue weighted by Crippen LogP contribution is 2.20. The predicted molar refractivity (Wildman–Crippen MR) is 215 cm³/mol. The van der Waals surface area contributed by atoms with Gasteiger partial charge in [0.15, 0.2) is 0 Å². The first-order valence-corrected chi connectivity index (χ1v) is 19.4. The number of hydrogen-bond acceptors (Lipinski definition) is 1. The number of rotatable bonds is 20. The molecule has 1 aromatic rings. The minimum Gasteiger partial charge on any atom is -0.156 e.